The van der Waals surface area contributed by atoms with Crippen LogP contribution in [0.5, 0.6) is 0 Å². The van der Waals surface area contributed by atoms with Gasteiger partial charge in [0.2, 0.25) is 0 Å². The molecule has 0 bridgehead atoms. The van der Waals surface area contributed by atoms with E-state index in [1.54, 1.807) is 21.7 Å². The molecule has 0 radical (unpaired) electrons. The minimum Gasteiger partial charge on any atom is -0.235 e. The second-order valence-corrected chi connectivity index (χ2v) is 3.22. The average molecular weight is 298 g/mol. The van der Waals surface area contributed by atoms with Crippen LogP contribution in [0.15, 0.2) is 0 Å². The summed E-state index contributed by atoms with van der Waals surface area (Å²) in [5, 5.41) is 36.7. The summed E-state index contributed by atoms with van der Waals surface area (Å²) in [5.41, 5.74) is 6.35. The van der Waals surface area contributed by atoms with Gasteiger partial charge in [0, 0.05) is 0 Å². The van der Waals surface area contributed by atoms with Crippen molar-refractivity contribution in [2.75, 3.05) is 13.1 Å². The standard InChI is InChI=1S/C4H10N8O8/c13-9(14)5-1-3(7-11(17)18)4(8-12(19)20)2-6-10(15)16/h3-8H,1-2H2/t3-,4+. The molecule has 0 saturated carbocycles. The number of hydrazine groups is 4. The molecular weight excluding hydrogens is 288 g/mol. The van der Waals surface area contributed by atoms with Gasteiger partial charge in [-0.05, 0) is 0 Å². The van der Waals surface area contributed by atoms with Crippen molar-refractivity contribution >= 4 is 0 Å². The predicted octanol–water partition coefficient (Wildman–Crippen LogP) is -3.15. The molecule has 0 fully saturated rings. The van der Waals surface area contributed by atoms with Crippen LogP contribution in [0.25, 0.3) is 0 Å². The summed E-state index contributed by atoms with van der Waals surface area (Å²) >= 11 is 0. The molecule has 114 valence electrons. The van der Waals surface area contributed by atoms with Crippen molar-refractivity contribution in [1.82, 2.24) is 21.7 Å². The van der Waals surface area contributed by atoms with E-state index in [0.717, 1.165) is 0 Å². The van der Waals surface area contributed by atoms with E-state index >= 15 is 0 Å². The van der Waals surface area contributed by atoms with E-state index in [4.69, 9.17) is 0 Å². The third-order valence-corrected chi connectivity index (χ3v) is 1.91. The smallest absolute Gasteiger partial charge is 0.157 e. The Morgan fingerprint density at radius 3 is 1.15 bits per heavy atom. The molecule has 0 rings (SSSR count). The Morgan fingerprint density at radius 1 is 0.650 bits per heavy atom. The Morgan fingerprint density at radius 2 is 0.950 bits per heavy atom. The van der Waals surface area contributed by atoms with Crippen LogP contribution in [0.4, 0.5) is 0 Å². The molecule has 0 spiro atoms. The van der Waals surface area contributed by atoms with Gasteiger partial charge in [0.1, 0.15) is 25.2 Å². The van der Waals surface area contributed by atoms with Crippen LogP contribution in [0, 0.1) is 40.5 Å². The Labute approximate surface area is 109 Å². The maximum atomic E-state index is 10.3. The zero-order valence-corrected chi connectivity index (χ0v) is 9.62. The van der Waals surface area contributed by atoms with E-state index < -0.39 is 45.3 Å². The van der Waals surface area contributed by atoms with E-state index in [1.807, 2.05) is 0 Å². The molecule has 16 nitrogen and oxygen atoms in total. The average Bonchev–Trinajstić information content (AvgIpc) is 2.28. The molecule has 0 aromatic rings. The molecule has 16 heteroatoms. The maximum absolute atomic E-state index is 10.3. The van der Waals surface area contributed by atoms with Crippen molar-refractivity contribution in [3.63, 3.8) is 0 Å². The first-order chi connectivity index (χ1) is 9.22. The summed E-state index contributed by atoms with van der Waals surface area (Å²) in [6.07, 6.45) is 0. The highest BCUT2D eigenvalue weighted by atomic mass is 16.7. The van der Waals surface area contributed by atoms with Crippen molar-refractivity contribution in [2.24, 2.45) is 0 Å². The number of hydrogen-bond donors (Lipinski definition) is 4. The second-order valence-electron chi connectivity index (χ2n) is 3.22. The van der Waals surface area contributed by atoms with Gasteiger partial charge in [-0.3, -0.25) is 0 Å². The Bertz CT molecular complexity index is 351. The van der Waals surface area contributed by atoms with Gasteiger partial charge >= 0.3 is 0 Å². The number of hydrogen-bond acceptors (Lipinski definition) is 8. The lowest BCUT2D eigenvalue weighted by Gasteiger charge is -2.19. The number of rotatable bonds is 11. The Hall–Kier alpha value is -3.20. The largest absolute Gasteiger partial charge is 0.235 e. The van der Waals surface area contributed by atoms with Gasteiger partial charge in [-0.2, -0.15) is 0 Å². The van der Waals surface area contributed by atoms with Crippen LogP contribution in [-0.4, -0.2) is 45.3 Å². The van der Waals surface area contributed by atoms with E-state index in [0.29, 0.717) is 0 Å². The summed E-state index contributed by atoms with van der Waals surface area (Å²) in [4.78, 5) is 40.9. The van der Waals surface area contributed by atoms with E-state index in [2.05, 4.69) is 0 Å². The zero-order valence-electron chi connectivity index (χ0n) is 9.62. The van der Waals surface area contributed by atoms with Gasteiger partial charge < -0.3 is 0 Å². The van der Waals surface area contributed by atoms with Crippen molar-refractivity contribution < 1.29 is 20.1 Å². The predicted molar refractivity (Wildman–Crippen MR) is 57.8 cm³/mol. The third kappa shape index (κ3) is 7.97. The van der Waals surface area contributed by atoms with Crippen LogP contribution in [0.2, 0.25) is 0 Å². The summed E-state index contributed by atoms with van der Waals surface area (Å²) in [7, 11) is 0. The lowest BCUT2D eigenvalue weighted by Crippen LogP contribution is -2.59. The van der Waals surface area contributed by atoms with Gasteiger partial charge in [-0.15, -0.1) is 21.7 Å². The fraction of sp³-hybridized carbons (Fsp3) is 1.00. The molecule has 4 N–H and O–H groups in total. The van der Waals surface area contributed by atoms with Crippen LogP contribution in [0.1, 0.15) is 0 Å². The maximum Gasteiger partial charge on any atom is 0.157 e. The molecule has 0 amide bonds. The van der Waals surface area contributed by atoms with Gasteiger partial charge in [0.05, 0.1) is 0 Å². The first-order valence-electron chi connectivity index (χ1n) is 4.79. The van der Waals surface area contributed by atoms with E-state index in [-0.39, 0.29) is 0 Å². The molecule has 0 aromatic carbocycles. The second kappa shape index (κ2) is 8.00. The van der Waals surface area contributed by atoms with Gasteiger partial charge in [0.15, 0.2) is 20.1 Å². The van der Waals surface area contributed by atoms with Crippen LogP contribution < -0.4 is 21.7 Å². The van der Waals surface area contributed by atoms with Crippen molar-refractivity contribution in [3.8, 4) is 0 Å². The normalized spacial score (nSPS) is 12.6. The molecular formula is C4H10N8O8. The summed E-state index contributed by atoms with van der Waals surface area (Å²) in [6, 6.07) is -2.93. The molecule has 0 unspecified atom stereocenters. The van der Waals surface area contributed by atoms with Crippen LogP contribution in [0.3, 0.4) is 0 Å². The number of nitrogens with one attached hydrogen (secondary N) is 4. The number of nitrogens with zero attached hydrogens (tertiary/aromatic N) is 4. The SMILES string of the molecule is O=[N+]([O-])NC[C@H](N[N+](=O)[O-])[C@@H](CN[N+](=O)[O-])N[N+](=O)[O-]. The van der Waals surface area contributed by atoms with E-state index in [1.165, 1.54) is 0 Å². The zero-order chi connectivity index (χ0) is 15.7. The molecule has 0 aromatic heterocycles. The fourth-order valence-corrected chi connectivity index (χ4v) is 1.17. The lowest BCUT2D eigenvalue weighted by atomic mass is 10.1. The molecule has 2 atom stereocenters. The van der Waals surface area contributed by atoms with Crippen molar-refractivity contribution in [1.29, 1.82) is 0 Å². The Kier molecular flexibility index (Phi) is 6.72. The molecule has 0 aliphatic rings. The fourth-order valence-electron chi connectivity index (χ4n) is 1.17. The first-order valence-corrected chi connectivity index (χ1v) is 4.79. The lowest BCUT2D eigenvalue weighted by molar-refractivity contribution is -0.581. The monoisotopic (exact) mass is 298 g/mol. The highest BCUT2D eigenvalue weighted by Gasteiger charge is 2.31. The minimum absolute atomic E-state index is 0.682. The van der Waals surface area contributed by atoms with Crippen LogP contribution in [-0.2, 0) is 0 Å². The topological polar surface area (TPSA) is 221 Å². The van der Waals surface area contributed by atoms with Crippen molar-refractivity contribution in [3.05, 3.63) is 40.5 Å². The molecule has 0 aliphatic carbocycles. The summed E-state index contributed by atoms with van der Waals surface area (Å²) < 4.78 is 0. The number of nitro groups is 4. The first kappa shape index (κ1) is 16.8. The molecule has 0 heterocycles. The quantitative estimate of drug-likeness (QED) is 0.219. The highest BCUT2D eigenvalue weighted by Crippen LogP contribution is 1.93. The molecule has 0 aliphatic heterocycles. The molecule has 0 saturated heterocycles. The van der Waals surface area contributed by atoms with Crippen molar-refractivity contribution in [2.45, 2.75) is 12.1 Å². The van der Waals surface area contributed by atoms with Gasteiger partial charge in [-0.1, -0.05) is 0 Å². The van der Waals surface area contributed by atoms with Gasteiger partial charge in [-0.25, -0.2) is 40.5 Å². The third-order valence-electron chi connectivity index (χ3n) is 1.91. The highest BCUT2D eigenvalue weighted by molar-refractivity contribution is 4.79. The minimum atomic E-state index is -1.46. The van der Waals surface area contributed by atoms with Crippen LogP contribution >= 0.6 is 0 Å². The van der Waals surface area contributed by atoms with Gasteiger partial charge in [0.25, 0.3) is 0 Å². The van der Waals surface area contributed by atoms with E-state index in [9.17, 15) is 40.5 Å². The summed E-state index contributed by atoms with van der Waals surface area (Å²) in [6.45, 7) is -1.36. The summed E-state index contributed by atoms with van der Waals surface area (Å²) in [5.74, 6) is 0. The molecule has 20 heavy (non-hydrogen) atoms. The Balaban J connectivity index is 4.83.